The topological polar surface area (TPSA) is 73.8 Å². The second-order valence-corrected chi connectivity index (χ2v) is 6.62. The molecule has 1 aromatic carbocycles. The molecule has 0 saturated heterocycles. The highest BCUT2D eigenvalue weighted by molar-refractivity contribution is 5.96. The molecule has 0 amide bonds. The van der Waals surface area contributed by atoms with Gasteiger partial charge in [0.1, 0.15) is 0 Å². The fourth-order valence-corrected chi connectivity index (χ4v) is 3.01. The quantitative estimate of drug-likeness (QED) is 0.438. The minimum Gasteiger partial charge on any atom is -0.356 e. The number of nitrogens with zero attached hydrogens (tertiary/aromatic N) is 4. The van der Waals surface area contributed by atoms with E-state index in [1.165, 1.54) is 17.1 Å². The number of benzene rings is 1. The fraction of sp³-hybridized carbons (Fsp3) is 0.143. The molecule has 30 heavy (non-hydrogen) atoms. The highest BCUT2D eigenvalue weighted by Gasteiger charge is 2.33. The van der Waals surface area contributed by atoms with Crippen LogP contribution in [0.1, 0.15) is 27.2 Å². The van der Waals surface area contributed by atoms with Crippen LogP contribution in [0.3, 0.4) is 0 Å². The van der Waals surface area contributed by atoms with Crippen molar-refractivity contribution in [1.82, 2.24) is 19.9 Å². The van der Waals surface area contributed by atoms with Crippen LogP contribution in [0.25, 0.3) is 11.3 Å². The van der Waals surface area contributed by atoms with Crippen LogP contribution in [-0.2, 0) is 19.1 Å². The van der Waals surface area contributed by atoms with E-state index in [1.807, 2.05) is 30.3 Å². The zero-order chi connectivity index (χ0) is 21.1. The third-order valence-corrected chi connectivity index (χ3v) is 4.45. The van der Waals surface area contributed by atoms with Crippen molar-refractivity contribution >= 4 is 5.78 Å². The van der Waals surface area contributed by atoms with E-state index in [2.05, 4.69) is 15.2 Å². The summed E-state index contributed by atoms with van der Waals surface area (Å²) in [5.41, 5.74) is 0.764. The number of hydrogen-bond donors (Lipinski definition) is 0. The molecular weight excluding hydrogens is 397 g/mol. The second-order valence-electron chi connectivity index (χ2n) is 6.62. The van der Waals surface area contributed by atoms with E-state index in [0.717, 1.165) is 24.0 Å². The van der Waals surface area contributed by atoms with Crippen molar-refractivity contribution in [3.05, 3.63) is 89.6 Å². The molecule has 9 heteroatoms. The van der Waals surface area contributed by atoms with Gasteiger partial charge in [-0.2, -0.15) is 18.3 Å². The smallest absolute Gasteiger partial charge is 0.356 e. The van der Waals surface area contributed by atoms with Crippen LogP contribution in [0.2, 0.25) is 0 Å². The molecule has 0 unspecified atom stereocenters. The third kappa shape index (κ3) is 4.29. The van der Waals surface area contributed by atoms with Gasteiger partial charge in [0.25, 0.3) is 0 Å². The van der Waals surface area contributed by atoms with E-state index in [-0.39, 0.29) is 30.0 Å². The number of ketones is 1. The van der Waals surface area contributed by atoms with Gasteiger partial charge in [-0.1, -0.05) is 35.5 Å². The molecule has 0 saturated carbocycles. The molecule has 0 aliphatic heterocycles. The average Bonchev–Trinajstić information content (AvgIpc) is 3.38. The monoisotopic (exact) mass is 412 g/mol. The van der Waals surface area contributed by atoms with Gasteiger partial charge in [0, 0.05) is 42.2 Å². The van der Waals surface area contributed by atoms with Crippen molar-refractivity contribution in [2.45, 2.75) is 19.1 Å². The van der Waals surface area contributed by atoms with Crippen molar-refractivity contribution in [1.29, 1.82) is 0 Å². The molecule has 3 heterocycles. The Morgan fingerprint density at radius 3 is 2.67 bits per heavy atom. The van der Waals surface area contributed by atoms with Crippen LogP contribution in [0.4, 0.5) is 13.2 Å². The Bertz CT molecular complexity index is 1170. The van der Waals surface area contributed by atoms with Crippen LogP contribution >= 0.6 is 0 Å². The molecule has 0 radical (unpaired) electrons. The van der Waals surface area contributed by atoms with Crippen molar-refractivity contribution in [3.8, 4) is 11.3 Å². The van der Waals surface area contributed by atoms with Crippen molar-refractivity contribution in [3.63, 3.8) is 0 Å². The van der Waals surface area contributed by atoms with Gasteiger partial charge < -0.3 is 4.52 Å². The molecule has 3 aromatic heterocycles. The Labute approximate surface area is 169 Å². The molecule has 0 aliphatic rings. The molecule has 0 bridgehead atoms. The van der Waals surface area contributed by atoms with E-state index >= 15 is 0 Å². The Morgan fingerprint density at radius 2 is 1.90 bits per heavy atom. The number of pyridine rings is 1. The lowest BCUT2D eigenvalue weighted by Gasteiger charge is -2.11. The largest absolute Gasteiger partial charge is 0.416 e. The Morgan fingerprint density at radius 1 is 1.10 bits per heavy atom. The predicted octanol–water partition coefficient (Wildman–Crippen LogP) is 4.43. The highest BCUT2D eigenvalue weighted by Crippen LogP contribution is 2.31. The van der Waals surface area contributed by atoms with Crippen LogP contribution in [0.15, 0.2) is 71.8 Å². The van der Waals surface area contributed by atoms with Gasteiger partial charge in [-0.3, -0.25) is 14.5 Å². The summed E-state index contributed by atoms with van der Waals surface area (Å²) in [5.74, 6) is 0.198. The first-order valence-electron chi connectivity index (χ1n) is 8.97. The molecule has 0 aliphatic carbocycles. The molecule has 4 rings (SSSR count). The maximum atomic E-state index is 13.1. The van der Waals surface area contributed by atoms with Crippen molar-refractivity contribution in [2.75, 3.05) is 0 Å². The summed E-state index contributed by atoms with van der Waals surface area (Å²) in [6.45, 7) is -0.112. The average molecular weight is 412 g/mol. The minimum absolute atomic E-state index is 0.0000688. The van der Waals surface area contributed by atoms with E-state index in [1.54, 1.807) is 6.07 Å². The Kier molecular flexibility index (Phi) is 5.18. The number of hydrogen-bond acceptors (Lipinski definition) is 5. The number of aromatic nitrogens is 4. The summed E-state index contributed by atoms with van der Waals surface area (Å²) in [5, 5.41) is 7.88. The van der Waals surface area contributed by atoms with Gasteiger partial charge in [-0.05, 0) is 11.6 Å². The normalized spacial score (nSPS) is 11.6. The fourth-order valence-electron chi connectivity index (χ4n) is 3.01. The second kappa shape index (κ2) is 7.94. The maximum Gasteiger partial charge on any atom is 0.416 e. The van der Waals surface area contributed by atoms with Gasteiger partial charge in [-0.25, -0.2) is 0 Å². The molecule has 0 atom stereocenters. The SMILES string of the molecule is O=C(Cc1cnn(Cc2cnccc2C(F)(F)F)c1)c1cc(-c2ccccc2)on1. The highest BCUT2D eigenvalue weighted by atomic mass is 19.4. The molecular formula is C21H15F3N4O2. The number of rotatable bonds is 6. The summed E-state index contributed by atoms with van der Waals surface area (Å²) in [6.07, 6.45) is 0.757. The summed E-state index contributed by atoms with van der Waals surface area (Å²) in [6, 6.07) is 11.7. The zero-order valence-electron chi connectivity index (χ0n) is 15.5. The number of halogens is 3. The number of carbonyl (C=O) groups excluding carboxylic acids is 1. The van der Waals surface area contributed by atoms with E-state index in [0.29, 0.717) is 11.3 Å². The Balaban J connectivity index is 1.46. The molecule has 152 valence electrons. The summed E-state index contributed by atoms with van der Waals surface area (Å²) < 4.78 is 45.9. The van der Waals surface area contributed by atoms with Crippen LogP contribution in [0, 0.1) is 0 Å². The van der Waals surface area contributed by atoms with Gasteiger partial charge >= 0.3 is 6.18 Å². The molecule has 0 fully saturated rings. The van der Waals surface area contributed by atoms with Crippen LogP contribution < -0.4 is 0 Å². The third-order valence-electron chi connectivity index (χ3n) is 4.45. The first-order chi connectivity index (χ1) is 14.4. The predicted molar refractivity (Wildman–Crippen MR) is 101 cm³/mol. The molecule has 4 aromatic rings. The first kappa shape index (κ1) is 19.6. The van der Waals surface area contributed by atoms with Gasteiger partial charge in [0.15, 0.2) is 17.2 Å². The minimum atomic E-state index is -4.48. The summed E-state index contributed by atoms with van der Waals surface area (Å²) in [7, 11) is 0. The summed E-state index contributed by atoms with van der Waals surface area (Å²) in [4.78, 5) is 16.3. The lowest BCUT2D eigenvalue weighted by Crippen LogP contribution is -2.12. The van der Waals surface area contributed by atoms with Crippen molar-refractivity contribution < 1.29 is 22.5 Å². The van der Waals surface area contributed by atoms with Gasteiger partial charge in [0.05, 0.1) is 18.3 Å². The maximum absolute atomic E-state index is 13.1. The standard InChI is InChI=1S/C21H15F3N4O2/c22-21(23,24)17-6-7-25-11-16(17)13-28-12-14(10-26-28)8-19(29)18-9-20(30-27-18)15-4-2-1-3-5-15/h1-7,9-12H,8,13H2. The zero-order valence-corrected chi connectivity index (χ0v) is 15.5. The summed E-state index contributed by atoms with van der Waals surface area (Å²) >= 11 is 0. The lowest BCUT2D eigenvalue weighted by molar-refractivity contribution is -0.138. The number of alkyl halides is 3. The lowest BCUT2D eigenvalue weighted by atomic mass is 10.1. The van der Waals surface area contributed by atoms with Gasteiger partial charge in [-0.15, -0.1) is 0 Å². The van der Waals surface area contributed by atoms with Crippen molar-refractivity contribution in [2.24, 2.45) is 0 Å². The Hall–Kier alpha value is -3.75. The number of carbonyl (C=O) groups is 1. The van der Waals surface area contributed by atoms with Gasteiger partial charge in [0.2, 0.25) is 0 Å². The van der Waals surface area contributed by atoms with E-state index in [4.69, 9.17) is 4.52 Å². The number of Topliss-reactive ketones (excluding diaryl/α,β-unsaturated/α-hetero) is 1. The first-order valence-corrected chi connectivity index (χ1v) is 8.97. The van der Waals surface area contributed by atoms with E-state index < -0.39 is 11.7 Å². The van der Waals surface area contributed by atoms with E-state index in [9.17, 15) is 18.0 Å². The van der Waals surface area contributed by atoms with Crippen LogP contribution in [-0.4, -0.2) is 25.7 Å². The molecule has 6 nitrogen and oxygen atoms in total. The molecule has 0 spiro atoms. The molecule has 0 N–H and O–H groups in total. The van der Waals surface area contributed by atoms with Crippen LogP contribution in [0.5, 0.6) is 0 Å².